The second-order valence-corrected chi connectivity index (χ2v) is 7.00. The van der Waals surface area contributed by atoms with E-state index in [-0.39, 0.29) is 24.3 Å². The van der Waals surface area contributed by atoms with Crippen LogP contribution in [0.25, 0.3) is 0 Å². The van der Waals surface area contributed by atoms with E-state index >= 15 is 0 Å². The van der Waals surface area contributed by atoms with Crippen molar-refractivity contribution in [2.75, 3.05) is 0 Å². The Kier molecular flexibility index (Phi) is 6.70. The number of esters is 1. The quantitative estimate of drug-likeness (QED) is 0.654. The third-order valence-corrected chi connectivity index (χ3v) is 4.36. The van der Waals surface area contributed by atoms with Crippen LogP contribution < -0.4 is 0 Å². The molecule has 0 aliphatic heterocycles. The second kappa shape index (κ2) is 7.80. The van der Waals surface area contributed by atoms with Crippen molar-refractivity contribution in [3.05, 3.63) is 0 Å². The number of ketones is 1. The molecular weight excluding hydrogens is 252 g/mol. The van der Waals surface area contributed by atoms with Crippen LogP contribution in [-0.4, -0.2) is 17.9 Å². The number of carbonyl (C=O) groups is 2. The zero-order valence-corrected chi connectivity index (χ0v) is 13.5. The normalized spacial score (nSPS) is 23.1. The van der Waals surface area contributed by atoms with Crippen molar-refractivity contribution < 1.29 is 14.3 Å². The Morgan fingerprint density at radius 3 is 2.55 bits per heavy atom. The van der Waals surface area contributed by atoms with E-state index < -0.39 is 0 Å². The van der Waals surface area contributed by atoms with Gasteiger partial charge >= 0.3 is 5.97 Å². The lowest BCUT2D eigenvalue weighted by Gasteiger charge is -2.37. The van der Waals surface area contributed by atoms with Crippen LogP contribution in [0.5, 0.6) is 0 Å². The predicted molar refractivity (Wildman–Crippen MR) is 80.4 cm³/mol. The zero-order valence-electron chi connectivity index (χ0n) is 13.5. The Bertz CT molecular complexity index is 333. The van der Waals surface area contributed by atoms with Gasteiger partial charge in [0.05, 0.1) is 6.42 Å². The van der Waals surface area contributed by atoms with Gasteiger partial charge < -0.3 is 4.74 Å². The molecule has 0 aromatic rings. The molecule has 0 aromatic carbocycles. The van der Waals surface area contributed by atoms with Crippen molar-refractivity contribution in [3.8, 4) is 0 Å². The molecule has 0 heterocycles. The number of hydrogen-bond donors (Lipinski definition) is 0. The average molecular weight is 282 g/mol. The SMILES string of the molecule is CCCC(=O)CCC(=O)OC(C)C1CCCC(C)(C)C1. The lowest BCUT2D eigenvalue weighted by molar-refractivity contribution is -0.153. The van der Waals surface area contributed by atoms with Crippen molar-refractivity contribution in [2.24, 2.45) is 11.3 Å². The molecule has 2 unspecified atom stereocenters. The average Bonchev–Trinajstić information content (AvgIpc) is 2.35. The number of ether oxygens (including phenoxy) is 1. The molecule has 0 spiro atoms. The summed E-state index contributed by atoms with van der Waals surface area (Å²) in [6.07, 6.45) is 6.70. The van der Waals surface area contributed by atoms with Crippen molar-refractivity contribution in [3.63, 3.8) is 0 Å². The first-order valence-electron chi connectivity index (χ1n) is 8.05. The van der Waals surface area contributed by atoms with E-state index in [2.05, 4.69) is 13.8 Å². The molecule has 1 fully saturated rings. The summed E-state index contributed by atoms with van der Waals surface area (Å²) in [5.74, 6) is 0.412. The molecule has 0 bridgehead atoms. The van der Waals surface area contributed by atoms with Crippen molar-refractivity contribution in [2.45, 2.75) is 85.2 Å². The molecule has 0 amide bonds. The first-order chi connectivity index (χ1) is 9.34. The van der Waals surface area contributed by atoms with Crippen LogP contribution >= 0.6 is 0 Å². The van der Waals surface area contributed by atoms with Gasteiger partial charge in [-0.2, -0.15) is 0 Å². The highest BCUT2D eigenvalue weighted by Gasteiger charge is 2.32. The molecule has 20 heavy (non-hydrogen) atoms. The molecular formula is C17H30O3. The Morgan fingerprint density at radius 1 is 1.25 bits per heavy atom. The summed E-state index contributed by atoms with van der Waals surface area (Å²) >= 11 is 0. The Balaban J connectivity index is 2.32. The zero-order chi connectivity index (χ0) is 15.2. The van der Waals surface area contributed by atoms with Gasteiger partial charge in [0.1, 0.15) is 11.9 Å². The summed E-state index contributed by atoms with van der Waals surface area (Å²) in [5.41, 5.74) is 0.362. The maximum Gasteiger partial charge on any atom is 0.306 e. The molecule has 0 aromatic heterocycles. The van der Waals surface area contributed by atoms with Crippen LogP contribution in [-0.2, 0) is 14.3 Å². The first kappa shape index (κ1) is 17.2. The van der Waals surface area contributed by atoms with Crippen LogP contribution in [0.15, 0.2) is 0 Å². The second-order valence-electron chi connectivity index (χ2n) is 7.00. The van der Waals surface area contributed by atoms with Gasteiger partial charge in [0, 0.05) is 12.8 Å². The molecule has 0 saturated heterocycles. The van der Waals surface area contributed by atoms with E-state index in [1.54, 1.807) is 0 Å². The van der Waals surface area contributed by atoms with E-state index in [4.69, 9.17) is 4.74 Å². The smallest absolute Gasteiger partial charge is 0.306 e. The van der Waals surface area contributed by atoms with Crippen molar-refractivity contribution >= 4 is 11.8 Å². The summed E-state index contributed by atoms with van der Waals surface area (Å²) in [7, 11) is 0. The molecule has 116 valence electrons. The monoisotopic (exact) mass is 282 g/mol. The topological polar surface area (TPSA) is 43.4 Å². The maximum atomic E-state index is 11.8. The van der Waals surface area contributed by atoms with E-state index in [0.717, 1.165) is 19.3 Å². The molecule has 1 rings (SSSR count). The summed E-state index contributed by atoms with van der Waals surface area (Å²) in [5, 5.41) is 0. The lowest BCUT2D eigenvalue weighted by Crippen LogP contribution is -2.32. The van der Waals surface area contributed by atoms with Gasteiger partial charge in [0.25, 0.3) is 0 Å². The summed E-state index contributed by atoms with van der Waals surface area (Å²) in [6.45, 7) is 8.55. The van der Waals surface area contributed by atoms with E-state index in [9.17, 15) is 9.59 Å². The largest absolute Gasteiger partial charge is 0.462 e. The van der Waals surface area contributed by atoms with E-state index in [0.29, 0.717) is 24.2 Å². The third-order valence-electron chi connectivity index (χ3n) is 4.36. The van der Waals surface area contributed by atoms with Crippen LogP contribution in [0.3, 0.4) is 0 Å². The minimum atomic E-state index is -0.217. The summed E-state index contributed by atoms with van der Waals surface area (Å²) in [4.78, 5) is 23.2. The fourth-order valence-corrected chi connectivity index (χ4v) is 3.17. The Labute approximate surface area is 123 Å². The molecule has 3 nitrogen and oxygen atoms in total. The Morgan fingerprint density at radius 2 is 1.95 bits per heavy atom. The van der Waals surface area contributed by atoms with Gasteiger partial charge in [-0.05, 0) is 43.9 Å². The summed E-state index contributed by atoms with van der Waals surface area (Å²) in [6, 6.07) is 0. The fourth-order valence-electron chi connectivity index (χ4n) is 3.17. The molecule has 0 radical (unpaired) electrons. The van der Waals surface area contributed by atoms with Gasteiger partial charge in [0.15, 0.2) is 0 Å². The van der Waals surface area contributed by atoms with Crippen molar-refractivity contribution in [1.82, 2.24) is 0 Å². The van der Waals surface area contributed by atoms with Gasteiger partial charge in [0.2, 0.25) is 0 Å². The fraction of sp³-hybridized carbons (Fsp3) is 0.882. The van der Waals surface area contributed by atoms with Gasteiger partial charge in [-0.25, -0.2) is 0 Å². The lowest BCUT2D eigenvalue weighted by atomic mass is 9.71. The number of Topliss-reactive ketones (excluding diaryl/α,β-unsaturated/α-hetero) is 1. The van der Waals surface area contributed by atoms with Gasteiger partial charge in [-0.3, -0.25) is 9.59 Å². The van der Waals surface area contributed by atoms with Crippen molar-refractivity contribution in [1.29, 1.82) is 0 Å². The van der Waals surface area contributed by atoms with Crippen LogP contribution in [0.2, 0.25) is 0 Å². The minimum Gasteiger partial charge on any atom is -0.462 e. The molecule has 1 aliphatic rings. The van der Waals surface area contributed by atoms with Crippen LogP contribution in [0.1, 0.15) is 79.1 Å². The minimum absolute atomic E-state index is 0.0247. The standard InChI is InChI=1S/C17H30O3/c1-5-7-15(18)9-10-16(19)20-13(2)14-8-6-11-17(3,4)12-14/h13-14H,5-12H2,1-4H3. The predicted octanol–water partition coefficient (Wildman–Crippen LogP) is 4.28. The van der Waals surface area contributed by atoms with Gasteiger partial charge in [-0.15, -0.1) is 0 Å². The molecule has 1 saturated carbocycles. The highest BCUT2D eigenvalue weighted by Crippen LogP contribution is 2.40. The Hall–Kier alpha value is -0.860. The summed E-state index contributed by atoms with van der Waals surface area (Å²) < 4.78 is 5.52. The third kappa shape index (κ3) is 6.06. The molecule has 3 heteroatoms. The van der Waals surface area contributed by atoms with Crippen LogP contribution in [0.4, 0.5) is 0 Å². The molecule has 1 aliphatic carbocycles. The maximum absolute atomic E-state index is 11.8. The first-order valence-corrected chi connectivity index (χ1v) is 8.05. The van der Waals surface area contributed by atoms with Crippen LogP contribution in [0, 0.1) is 11.3 Å². The molecule has 2 atom stereocenters. The number of carbonyl (C=O) groups excluding carboxylic acids is 2. The highest BCUT2D eigenvalue weighted by atomic mass is 16.5. The molecule has 0 N–H and O–H groups in total. The highest BCUT2D eigenvalue weighted by molar-refractivity contribution is 5.82. The van der Waals surface area contributed by atoms with Gasteiger partial charge in [-0.1, -0.05) is 27.2 Å². The number of rotatable bonds is 7. The van der Waals surface area contributed by atoms with E-state index in [1.165, 1.54) is 12.8 Å². The number of hydrogen-bond acceptors (Lipinski definition) is 3. The van der Waals surface area contributed by atoms with E-state index in [1.807, 2.05) is 13.8 Å².